The molecule has 0 atom stereocenters. The molecule has 1 saturated heterocycles. The number of carbonyl (C=O) groups excluding carboxylic acids is 1. The Labute approximate surface area is 148 Å². The molecule has 1 amide bonds. The van der Waals surface area contributed by atoms with Crippen LogP contribution in [-0.4, -0.2) is 43.6 Å². The highest BCUT2D eigenvalue weighted by Crippen LogP contribution is 2.42. The van der Waals surface area contributed by atoms with Gasteiger partial charge in [-0.25, -0.2) is 14.6 Å². The molecule has 4 rings (SSSR count). The second kappa shape index (κ2) is 6.94. The number of amides is 1. The second-order valence-electron chi connectivity index (χ2n) is 7.49. The van der Waals surface area contributed by atoms with Crippen LogP contribution in [0.3, 0.4) is 0 Å². The van der Waals surface area contributed by atoms with Gasteiger partial charge in [0.25, 0.3) is 5.91 Å². The molecule has 2 aromatic heterocycles. The van der Waals surface area contributed by atoms with E-state index < -0.39 is 0 Å². The van der Waals surface area contributed by atoms with Gasteiger partial charge < -0.3 is 4.90 Å². The molecule has 0 bridgehead atoms. The van der Waals surface area contributed by atoms with E-state index >= 15 is 0 Å². The summed E-state index contributed by atoms with van der Waals surface area (Å²) in [6.45, 7) is 1.78. The Morgan fingerprint density at radius 2 is 1.84 bits per heavy atom. The quantitative estimate of drug-likeness (QED) is 0.842. The number of rotatable bonds is 2. The number of aromatic nitrogens is 4. The molecule has 0 aromatic carbocycles. The minimum Gasteiger partial charge on any atom is -0.338 e. The fourth-order valence-electron chi connectivity index (χ4n) is 4.43. The van der Waals surface area contributed by atoms with Gasteiger partial charge in [0.2, 0.25) is 0 Å². The van der Waals surface area contributed by atoms with Crippen molar-refractivity contribution in [3.05, 3.63) is 36.5 Å². The molecule has 132 valence electrons. The first kappa shape index (κ1) is 16.2. The molecule has 2 fully saturated rings. The van der Waals surface area contributed by atoms with Crippen molar-refractivity contribution < 1.29 is 4.79 Å². The van der Waals surface area contributed by atoms with Gasteiger partial charge in [-0.3, -0.25) is 4.79 Å². The first-order valence-corrected chi connectivity index (χ1v) is 9.36. The molecule has 6 heteroatoms. The van der Waals surface area contributed by atoms with E-state index in [0.717, 1.165) is 19.5 Å². The van der Waals surface area contributed by atoms with Crippen LogP contribution in [0.2, 0.25) is 0 Å². The third kappa shape index (κ3) is 3.43. The van der Waals surface area contributed by atoms with E-state index in [2.05, 4.69) is 20.0 Å². The lowest BCUT2D eigenvalue weighted by Crippen LogP contribution is -2.46. The molecule has 0 unspecified atom stereocenters. The third-order valence-electron chi connectivity index (χ3n) is 5.76. The van der Waals surface area contributed by atoms with Gasteiger partial charge in [0, 0.05) is 19.3 Å². The molecule has 0 N–H and O–H groups in total. The van der Waals surface area contributed by atoms with Crippen molar-refractivity contribution in [2.45, 2.75) is 51.4 Å². The summed E-state index contributed by atoms with van der Waals surface area (Å²) >= 11 is 0. The molecule has 2 aromatic rings. The van der Waals surface area contributed by atoms with Crippen LogP contribution in [-0.2, 0) is 0 Å². The van der Waals surface area contributed by atoms with Gasteiger partial charge in [0.05, 0.1) is 5.56 Å². The Kier molecular flexibility index (Phi) is 4.51. The minimum absolute atomic E-state index is 0.112. The Balaban J connectivity index is 1.48. The summed E-state index contributed by atoms with van der Waals surface area (Å²) in [5.74, 6) is 0.786. The zero-order chi connectivity index (χ0) is 17.1. The first-order chi connectivity index (χ1) is 12.3. The minimum atomic E-state index is 0.112. The maximum absolute atomic E-state index is 13.0. The van der Waals surface area contributed by atoms with Crippen LogP contribution in [0.25, 0.3) is 5.82 Å². The molecule has 6 nitrogen and oxygen atoms in total. The lowest BCUT2D eigenvalue weighted by molar-refractivity contribution is 0.0465. The molecule has 0 radical (unpaired) electrons. The van der Waals surface area contributed by atoms with Crippen molar-refractivity contribution in [2.24, 2.45) is 5.41 Å². The maximum Gasteiger partial charge on any atom is 0.255 e. The molecule has 1 spiro atoms. The highest BCUT2D eigenvalue weighted by Gasteiger charge is 2.37. The topological polar surface area (TPSA) is 63.9 Å². The van der Waals surface area contributed by atoms with E-state index in [9.17, 15) is 4.79 Å². The summed E-state index contributed by atoms with van der Waals surface area (Å²) in [6, 6.07) is 3.67. The van der Waals surface area contributed by atoms with Gasteiger partial charge in [-0.05, 0) is 43.2 Å². The Morgan fingerprint density at radius 1 is 1.04 bits per heavy atom. The van der Waals surface area contributed by atoms with Crippen LogP contribution in [0.1, 0.15) is 61.7 Å². The number of likely N-dealkylation sites (tertiary alicyclic amines) is 1. The van der Waals surface area contributed by atoms with Gasteiger partial charge >= 0.3 is 0 Å². The van der Waals surface area contributed by atoms with Crippen molar-refractivity contribution in [1.82, 2.24) is 24.6 Å². The number of carbonyl (C=O) groups is 1. The van der Waals surface area contributed by atoms with Gasteiger partial charge in [-0.2, -0.15) is 5.10 Å². The number of piperidine rings is 1. The summed E-state index contributed by atoms with van der Waals surface area (Å²) in [5.41, 5.74) is 1.02. The molecule has 1 saturated carbocycles. The average Bonchev–Trinajstić information content (AvgIpc) is 3.11. The number of nitrogens with zero attached hydrogens (tertiary/aromatic N) is 5. The summed E-state index contributed by atoms with van der Waals surface area (Å²) in [6.07, 6.45) is 15.0. The molecule has 3 heterocycles. The van der Waals surface area contributed by atoms with Crippen LogP contribution in [0.15, 0.2) is 31.0 Å². The number of hydrogen-bond donors (Lipinski definition) is 0. The monoisotopic (exact) mass is 339 g/mol. The Bertz CT molecular complexity index is 702. The lowest BCUT2D eigenvalue weighted by Gasteiger charge is -2.42. The van der Waals surface area contributed by atoms with Crippen LogP contribution in [0.4, 0.5) is 0 Å². The van der Waals surface area contributed by atoms with Crippen molar-refractivity contribution in [1.29, 1.82) is 0 Å². The maximum atomic E-state index is 13.0. The second-order valence-corrected chi connectivity index (χ2v) is 7.49. The first-order valence-electron chi connectivity index (χ1n) is 9.36. The summed E-state index contributed by atoms with van der Waals surface area (Å²) in [5, 5.41) is 4.06. The number of pyridine rings is 1. The van der Waals surface area contributed by atoms with Crippen molar-refractivity contribution in [3.8, 4) is 5.82 Å². The van der Waals surface area contributed by atoms with Crippen molar-refractivity contribution in [3.63, 3.8) is 0 Å². The molecular formula is C19H25N5O. The van der Waals surface area contributed by atoms with Crippen LogP contribution in [0.5, 0.6) is 0 Å². The van der Waals surface area contributed by atoms with Gasteiger partial charge in [-0.1, -0.05) is 25.7 Å². The number of hydrogen-bond acceptors (Lipinski definition) is 4. The van der Waals surface area contributed by atoms with Crippen molar-refractivity contribution >= 4 is 5.91 Å². The van der Waals surface area contributed by atoms with Crippen LogP contribution < -0.4 is 0 Å². The predicted octanol–water partition coefficient (Wildman–Crippen LogP) is 3.24. The smallest absolute Gasteiger partial charge is 0.255 e. The van der Waals surface area contributed by atoms with E-state index in [-0.39, 0.29) is 5.91 Å². The summed E-state index contributed by atoms with van der Waals surface area (Å²) in [4.78, 5) is 23.3. The predicted molar refractivity (Wildman–Crippen MR) is 94.4 cm³/mol. The molecule has 1 aliphatic carbocycles. The average molecular weight is 339 g/mol. The van der Waals surface area contributed by atoms with E-state index in [1.54, 1.807) is 17.2 Å². The molecule has 1 aliphatic heterocycles. The van der Waals surface area contributed by atoms with E-state index in [0.29, 0.717) is 16.8 Å². The van der Waals surface area contributed by atoms with Gasteiger partial charge in [0.1, 0.15) is 12.7 Å². The fraction of sp³-hybridized carbons (Fsp3) is 0.579. The van der Waals surface area contributed by atoms with Crippen molar-refractivity contribution in [2.75, 3.05) is 13.1 Å². The van der Waals surface area contributed by atoms with E-state index in [1.165, 1.54) is 51.3 Å². The summed E-state index contributed by atoms with van der Waals surface area (Å²) < 4.78 is 1.59. The fourth-order valence-corrected chi connectivity index (χ4v) is 4.43. The molecular weight excluding hydrogens is 314 g/mol. The lowest BCUT2D eigenvalue weighted by atomic mass is 9.74. The largest absolute Gasteiger partial charge is 0.338 e. The molecule has 25 heavy (non-hydrogen) atoms. The van der Waals surface area contributed by atoms with Gasteiger partial charge in [0.15, 0.2) is 5.82 Å². The highest BCUT2D eigenvalue weighted by molar-refractivity contribution is 5.94. The standard InChI is InChI=1S/C19H25N5O/c25-18(16-6-7-17(21-12-16)24-15-20-14-22-24)23-11-5-10-19(13-23)8-3-1-2-4-9-19/h6-7,12,14-15H,1-5,8-11,13H2. The van der Waals surface area contributed by atoms with Crippen LogP contribution >= 0.6 is 0 Å². The van der Waals surface area contributed by atoms with E-state index in [1.807, 2.05) is 12.1 Å². The SMILES string of the molecule is O=C(c1ccc(-n2cncn2)nc1)N1CCCC2(CCCCCC2)C1. The zero-order valence-electron chi connectivity index (χ0n) is 14.6. The summed E-state index contributed by atoms with van der Waals surface area (Å²) in [7, 11) is 0. The zero-order valence-corrected chi connectivity index (χ0v) is 14.6. The Hall–Kier alpha value is -2.24. The third-order valence-corrected chi connectivity index (χ3v) is 5.76. The van der Waals surface area contributed by atoms with Crippen LogP contribution in [0, 0.1) is 5.41 Å². The molecule has 2 aliphatic rings. The Morgan fingerprint density at radius 3 is 2.52 bits per heavy atom. The highest BCUT2D eigenvalue weighted by atomic mass is 16.2. The van der Waals surface area contributed by atoms with E-state index in [4.69, 9.17) is 0 Å². The normalized spacial score (nSPS) is 20.4. The van der Waals surface area contributed by atoms with Gasteiger partial charge in [-0.15, -0.1) is 0 Å².